The van der Waals surface area contributed by atoms with Gasteiger partial charge in [-0.25, -0.2) is 4.39 Å². The van der Waals surface area contributed by atoms with Crippen molar-refractivity contribution in [2.75, 3.05) is 0 Å². The number of nitrogens with zero attached hydrogens (tertiary/aromatic N) is 1. The lowest BCUT2D eigenvalue weighted by atomic mass is 10.2. The van der Waals surface area contributed by atoms with Gasteiger partial charge in [0.1, 0.15) is 5.82 Å². The van der Waals surface area contributed by atoms with Gasteiger partial charge < -0.3 is 5.32 Å². The lowest BCUT2D eigenvalue weighted by Gasteiger charge is -2.01. The molecular formula is C15H13FN2O. The molecule has 0 atom stereocenters. The van der Waals surface area contributed by atoms with Gasteiger partial charge in [-0.05, 0) is 41.5 Å². The Kier molecular flexibility index (Phi) is 4.39. The van der Waals surface area contributed by atoms with Crippen LogP contribution in [0.2, 0.25) is 0 Å². The van der Waals surface area contributed by atoms with Crippen LogP contribution < -0.4 is 5.32 Å². The molecule has 0 aliphatic carbocycles. The summed E-state index contributed by atoms with van der Waals surface area (Å²) in [6.07, 6.45) is 6.42. The van der Waals surface area contributed by atoms with Crippen molar-refractivity contribution in [3.8, 4) is 0 Å². The van der Waals surface area contributed by atoms with Crippen LogP contribution in [-0.2, 0) is 11.3 Å². The van der Waals surface area contributed by atoms with Crippen LogP contribution in [0.1, 0.15) is 11.1 Å². The summed E-state index contributed by atoms with van der Waals surface area (Å²) < 4.78 is 12.7. The molecule has 1 aromatic heterocycles. The van der Waals surface area contributed by atoms with Gasteiger partial charge in [-0.3, -0.25) is 9.78 Å². The summed E-state index contributed by atoms with van der Waals surface area (Å²) in [5.74, 6) is -0.486. The van der Waals surface area contributed by atoms with E-state index in [-0.39, 0.29) is 11.7 Å². The van der Waals surface area contributed by atoms with Gasteiger partial charge in [0.2, 0.25) is 5.91 Å². The van der Waals surface area contributed by atoms with E-state index in [1.807, 2.05) is 12.1 Å². The van der Waals surface area contributed by atoms with E-state index in [1.165, 1.54) is 18.2 Å². The first kappa shape index (κ1) is 13.0. The van der Waals surface area contributed by atoms with Gasteiger partial charge in [-0.15, -0.1) is 0 Å². The molecule has 1 heterocycles. The first-order valence-corrected chi connectivity index (χ1v) is 5.84. The fourth-order valence-corrected chi connectivity index (χ4v) is 1.49. The molecule has 1 N–H and O–H groups in total. The highest BCUT2D eigenvalue weighted by Crippen LogP contribution is 2.04. The number of hydrogen-bond donors (Lipinski definition) is 1. The Morgan fingerprint density at radius 2 is 1.84 bits per heavy atom. The van der Waals surface area contributed by atoms with Gasteiger partial charge in [-0.2, -0.15) is 0 Å². The zero-order chi connectivity index (χ0) is 13.5. The average molecular weight is 256 g/mol. The fraction of sp³-hybridized carbons (Fsp3) is 0.0667. The average Bonchev–Trinajstić information content (AvgIpc) is 2.45. The number of rotatable bonds is 4. The number of aromatic nitrogens is 1. The minimum Gasteiger partial charge on any atom is -0.348 e. The topological polar surface area (TPSA) is 42.0 Å². The second kappa shape index (κ2) is 6.44. The van der Waals surface area contributed by atoms with Gasteiger partial charge in [0.25, 0.3) is 0 Å². The monoisotopic (exact) mass is 256 g/mol. The van der Waals surface area contributed by atoms with Gasteiger partial charge in [0.05, 0.1) is 0 Å². The summed E-state index contributed by atoms with van der Waals surface area (Å²) >= 11 is 0. The van der Waals surface area contributed by atoms with E-state index in [0.29, 0.717) is 6.54 Å². The molecule has 0 aliphatic rings. The molecule has 0 radical (unpaired) electrons. The molecule has 1 aromatic carbocycles. The highest BCUT2D eigenvalue weighted by atomic mass is 19.1. The van der Waals surface area contributed by atoms with Crippen molar-refractivity contribution in [3.63, 3.8) is 0 Å². The van der Waals surface area contributed by atoms with Crippen LogP contribution >= 0.6 is 0 Å². The third kappa shape index (κ3) is 4.35. The van der Waals surface area contributed by atoms with Crippen LogP contribution in [0.25, 0.3) is 6.08 Å². The Morgan fingerprint density at radius 1 is 1.16 bits per heavy atom. The van der Waals surface area contributed by atoms with Crippen molar-refractivity contribution in [1.82, 2.24) is 10.3 Å². The van der Waals surface area contributed by atoms with Gasteiger partial charge in [0, 0.05) is 25.0 Å². The third-order valence-electron chi connectivity index (χ3n) is 2.51. The van der Waals surface area contributed by atoms with Crippen molar-refractivity contribution in [1.29, 1.82) is 0 Å². The number of carbonyl (C=O) groups is 1. The summed E-state index contributed by atoms with van der Waals surface area (Å²) in [5.41, 5.74) is 1.76. The number of hydrogen-bond acceptors (Lipinski definition) is 2. The van der Waals surface area contributed by atoms with E-state index in [9.17, 15) is 9.18 Å². The molecule has 1 amide bonds. The molecule has 0 bridgehead atoms. The Bertz CT molecular complexity index is 564. The van der Waals surface area contributed by atoms with Gasteiger partial charge in [0.15, 0.2) is 0 Å². The second-order valence-corrected chi connectivity index (χ2v) is 3.96. The predicted molar refractivity (Wildman–Crippen MR) is 71.5 cm³/mol. The van der Waals surface area contributed by atoms with Crippen molar-refractivity contribution in [2.45, 2.75) is 6.54 Å². The second-order valence-electron chi connectivity index (χ2n) is 3.96. The minimum atomic E-state index is -0.292. The molecule has 0 saturated carbocycles. The summed E-state index contributed by atoms with van der Waals surface area (Å²) in [6, 6.07) is 9.61. The van der Waals surface area contributed by atoms with Crippen LogP contribution in [0.4, 0.5) is 4.39 Å². The fourth-order valence-electron chi connectivity index (χ4n) is 1.49. The van der Waals surface area contributed by atoms with Crippen LogP contribution in [0.15, 0.2) is 54.9 Å². The lowest BCUT2D eigenvalue weighted by molar-refractivity contribution is -0.116. The van der Waals surface area contributed by atoms with Crippen LogP contribution in [0, 0.1) is 5.82 Å². The lowest BCUT2D eigenvalue weighted by Crippen LogP contribution is -2.20. The Balaban J connectivity index is 1.86. The molecular weight excluding hydrogens is 243 g/mol. The van der Waals surface area contributed by atoms with Gasteiger partial charge >= 0.3 is 0 Å². The maximum atomic E-state index is 12.7. The summed E-state index contributed by atoms with van der Waals surface area (Å²) in [7, 11) is 0. The van der Waals surface area contributed by atoms with Crippen LogP contribution in [0.5, 0.6) is 0 Å². The summed E-state index contributed by atoms with van der Waals surface area (Å²) in [5, 5.41) is 2.75. The minimum absolute atomic E-state index is 0.193. The highest BCUT2D eigenvalue weighted by Gasteiger charge is 1.96. The number of amides is 1. The molecule has 0 fully saturated rings. The molecule has 19 heavy (non-hydrogen) atoms. The molecule has 96 valence electrons. The number of nitrogens with one attached hydrogen (secondary N) is 1. The van der Waals surface area contributed by atoms with Gasteiger partial charge in [-0.1, -0.05) is 12.1 Å². The van der Waals surface area contributed by atoms with E-state index in [0.717, 1.165) is 11.1 Å². The SMILES string of the molecule is O=C(/C=C/c1ccc(F)cc1)NCc1ccncc1. The van der Waals surface area contributed by atoms with Crippen molar-refractivity contribution in [2.24, 2.45) is 0 Å². The molecule has 3 nitrogen and oxygen atoms in total. The highest BCUT2D eigenvalue weighted by molar-refractivity contribution is 5.91. The van der Waals surface area contributed by atoms with Crippen molar-refractivity contribution >= 4 is 12.0 Å². The quantitative estimate of drug-likeness (QED) is 0.854. The molecule has 0 unspecified atom stereocenters. The summed E-state index contributed by atoms with van der Waals surface area (Å²) in [4.78, 5) is 15.5. The number of benzene rings is 1. The molecule has 0 spiro atoms. The first-order valence-electron chi connectivity index (χ1n) is 5.84. The van der Waals surface area contributed by atoms with Crippen molar-refractivity contribution < 1.29 is 9.18 Å². The normalized spacial score (nSPS) is 10.6. The van der Waals surface area contributed by atoms with Crippen LogP contribution in [-0.4, -0.2) is 10.9 Å². The first-order chi connectivity index (χ1) is 9.24. The van der Waals surface area contributed by atoms with E-state index < -0.39 is 0 Å². The largest absolute Gasteiger partial charge is 0.348 e. The molecule has 0 saturated heterocycles. The third-order valence-corrected chi connectivity index (χ3v) is 2.51. The zero-order valence-electron chi connectivity index (χ0n) is 10.2. The predicted octanol–water partition coefficient (Wildman–Crippen LogP) is 2.55. The van der Waals surface area contributed by atoms with Crippen LogP contribution in [0.3, 0.4) is 0 Å². The maximum absolute atomic E-state index is 12.7. The van der Waals surface area contributed by atoms with E-state index >= 15 is 0 Å². The maximum Gasteiger partial charge on any atom is 0.244 e. The standard InChI is InChI=1S/C15H13FN2O/c16-14-4-1-12(2-5-14)3-6-15(19)18-11-13-7-9-17-10-8-13/h1-10H,11H2,(H,18,19)/b6-3+. The molecule has 4 heteroatoms. The van der Waals surface area contributed by atoms with E-state index in [1.54, 1.807) is 30.6 Å². The Morgan fingerprint density at radius 3 is 2.53 bits per heavy atom. The summed E-state index contributed by atoms with van der Waals surface area (Å²) in [6.45, 7) is 0.453. The molecule has 2 aromatic rings. The number of carbonyl (C=O) groups excluding carboxylic acids is 1. The number of pyridine rings is 1. The molecule has 2 rings (SSSR count). The molecule has 0 aliphatic heterocycles. The van der Waals surface area contributed by atoms with E-state index in [2.05, 4.69) is 10.3 Å². The smallest absolute Gasteiger partial charge is 0.244 e. The van der Waals surface area contributed by atoms with E-state index in [4.69, 9.17) is 0 Å². The Hall–Kier alpha value is -2.49. The number of halogens is 1. The Labute approximate surface area is 110 Å². The zero-order valence-corrected chi connectivity index (χ0v) is 10.2. The van der Waals surface area contributed by atoms with Crippen molar-refractivity contribution in [3.05, 3.63) is 71.8 Å².